The van der Waals surface area contributed by atoms with Gasteiger partial charge in [0.05, 0.1) is 6.54 Å². The van der Waals surface area contributed by atoms with Crippen LogP contribution in [0.25, 0.3) is 0 Å². The van der Waals surface area contributed by atoms with Crippen LogP contribution < -0.4 is 5.32 Å². The largest absolute Gasteiger partial charge is 0.306 e. The number of H-pyrrole nitrogens is 1. The maximum Gasteiger partial charge on any atom is 0.138 e. The summed E-state index contributed by atoms with van der Waals surface area (Å²) in [7, 11) is 0. The third-order valence-electron chi connectivity index (χ3n) is 2.60. The van der Waals surface area contributed by atoms with Crippen LogP contribution in [0, 0.1) is 0 Å². The number of nitrogens with one attached hydrogen (secondary N) is 2. The lowest BCUT2D eigenvalue weighted by molar-refractivity contribution is 0.456. The second-order valence-corrected chi connectivity index (χ2v) is 5.12. The van der Waals surface area contributed by atoms with E-state index in [4.69, 9.17) is 0 Å². The van der Waals surface area contributed by atoms with E-state index in [1.54, 1.807) is 6.33 Å². The fourth-order valence-corrected chi connectivity index (χ4v) is 2.90. The van der Waals surface area contributed by atoms with E-state index in [9.17, 15) is 0 Å². The second kappa shape index (κ2) is 4.79. The zero-order chi connectivity index (χ0) is 9.80. The van der Waals surface area contributed by atoms with Crippen molar-refractivity contribution in [2.24, 2.45) is 0 Å². The third kappa shape index (κ3) is 2.48. The van der Waals surface area contributed by atoms with Crippen LogP contribution in [-0.4, -0.2) is 32.2 Å². The maximum atomic E-state index is 4.09. The number of hydrogen-bond donors (Lipinski definition) is 2. The van der Waals surface area contributed by atoms with Crippen molar-refractivity contribution in [3.63, 3.8) is 0 Å². The lowest BCUT2D eigenvalue weighted by Gasteiger charge is -2.28. The van der Waals surface area contributed by atoms with Gasteiger partial charge in [0.15, 0.2) is 0 Å². The highest BCUT2D eigenvalue weighted by Gasteiger charge is 2.21. The summed E-state index contributed by atoms with van der Waals surface area (Å²) >= 11 is 2.05. The summed E-state index contributed by atoms with van der Waals surface area (Å²) in [5.74, 6) is 2.23. The molecule has 0 bridgehead atoms. The number of aromatic amines is 1. The van der Waals surface area contributed by atoms with Crippen LogP contribution in [0.3, 0.4) is 0 Å². The van der Waals surface area contributed by atoms with Gasteiger partial charge in [-0.15, -0.1) is 0 Å². The van der Waals surface area contributed by atoms with Crippen molar-refractivity contribution in [1.82, 2.24) is 20.5 Å². The van der Waals surface area contributed by atoms with Crippen LogP contribution in [0.15, 0.2) is 6.33 Å². The average molecular weight is 212 g/mol. The van der Waals surface area contributed by atoms with E-state index in [0.29, 0.717) is 11.3 Å². The Kier molecular flexibility index (Phi) is 3.42. The van der Waals surface area contributed by atoms with Crippen LogP contribution in [0.5, 0.6) is 0 Å². The molecule has 0 amide bonds. The third-order valence-corrected chi connectivity index (χ3v) is 3.98. The number of thioether (sulfide) groups is 1. The van der Waals surface area contributed by atoms with Gasteiger partial charge in [-0.05, 0) is 18.6 Å². The van der Waals surface area contributed by atoms with Gasteiger partial charge < -0.3 is 5.32 Å². The van der Waals surface area contributed by atoms with Crippen molar-refractivity contribution >= 4 is 11.8 Å². The Balaban J connectivity index is 1.79. The molecule has 0 spiro atoms. The van der Waals surface area contributed by atoms with E-state index in [0.717, 1.165) is 12.4 Å². The molecule has 78 valence electrons. The highest BCUT2D eigenvalue weighted by molar-refractivity contribution is 7.99. The van der Waals surface area contributed by atoms with E-state index >= 15 is 0 Å². The SMILES string of the molecule is CC1SCCCC1NCc1ncn[nH]1. The number of rotatable bonds is 3. The van der Waals surface area contributed by atoms with E-state index in [-0.39, 0.29) is 0 Å². The Morgan fingerprint density at radius 3 is 3.36 bits per heavy atom. The minimum Gasteiger partial charge on any atom is -0.306 e. The predicted octanol–water partition coefficient (Wildman–Crippen LogP) is 1.18. The van der Waals surface area contributed by atoms with Crippen molar-refractivity contribution in [1.29, 1.82) is 0 Å². The molecule has 1 saturated heterocycles. The number of nitrogens with zero attached hydrogens (tertiary/aromatic N) is 2. The summed E-state index contributed by atoms with van der Waals surface area (Å²) < 4.78 is 0. The van der Waals surface area contributed by atoms with Gasteiger partial charge in [-0.25, -0.2) is 4.98 Å². The zero-order valence-electron chi connectivity index (χ0n) is 8.36. The molecular weight excluding hydrogens is 196 g/mol. The molecule has 2 heterocycles. The Bertz CT molecular complexity index is 262. The molecule has 2 N–H and O–H groups in total. The Morgan fingerprint density at radius 1 is 1.71 bits per heavy atom. The van der Waals surface area contributed by atoms with Crippen molar-refractivity contribution in [2.75, 3.05) is 5.75 Å². The Morgan fingerprint density at radius 2 is 2.64 bits per heavy atom. The van der Waals surface area contributed by atoms with Crippen molar-refractivity contribution in [3.8, 4) is 0 Å². The predicted molar refractivity (Wildman–Crippen MR) is 58.2 cm³/mol. The van der Waals surface area contributed by atoms with E-state index < -0.39 is 0 Å². The van der Waals surface area contributed by atoms with Gasteiger partial charge in [0, 0.05) is 11.3 Å². The van der Waals surface area contributed by atoms with Crippen LogP contribution in [-0.2, 0) is 6.54 Å². The molecule has 2 unspecified atom stereocenters. The van der Waals surface area contributed by atoms with E-state index in [1.807, 2.05) is 0 Å². The van der Waals surface area contributed by atoms with Crippen LogP contribution in [0.1, 0.15) is 25.6 Å². The molecule has 2 atom stereocenters. The van der Waals surface area contributed by atoms with Gasteiger partial charge in [0.25, 0.3) is 0 Å². The fourth-order valence-electron chi connectivity index (χ4n) is 1.74. The van der Waals surface area contributed by atoms with Gasteiger partial charge in [0.2, 0.25) is 0 Å². The monoisotopic (exact) mass is 212 g/mol. The highest BCUT2D eigenvalue weighted by Crippen LogP contribution is 2.24. The molecule has 5 heteroatoms. The van der Waals surface area contributed by atoms with E-state index in [2.05, 4.69) is 39.2 Å². The first-order valence-corrected chi connectivity index (χ1v) is 6.10. The molecule has 1 fully saturated rings. The highest BCUT2D eigenvalue weighted by atomic mass is 32.2. The molecule has 1 aliphatic rings. The van der Waals surface area contributed by atoms with Gasteiger partial charge in [-0.2, -0.15) is 16.9 Å². The molecule has 0 aliphatic carbocycles. The minimum absolute atomic E-state index is 0.624. The van der Waals surface area contributed by atoms with E-state index in [1.165, 1.54) is 18.6 Å². The van der Waals surface area contributed by atoms with Crippen LogP contribution in [0.2, 0.25) is 0 Å². The fraction of sp³-hybridized carbons (Fsp3) is 0.778. The summed E-state index contributed by atoms with van der Waals surface area (Å²) in [6.45, 7) is 3.09. The maximum absolute atomic E-state index is 4.09. The summed E-state index contributed by atoms with van der Waals surface area (Å²) in [5.41, 5.74) is 0. The van der Waals surface area contributed by atoms with Crippen LogP contribution >= 0.6 is 11.8 Å². The van der Waals surface area contributed by atoms with Gasteiger partial charge in [-0.1, -0.05) is 6.92 Å². The number of aromatic nitrogens is 3. The standard InChI is InChI=1S/C9H16N4S/c1-7-8(3-2-4-14-7)10-5-9-11-6-12-13-9/h6-8,10H,2-5H2,1H3,(H,11,12,13). The number of hydrogen-bond acceptors (Lipinski definition) is 4. The van der Waals surface area contributed by atoms with Crippen molar-refractivity contribution in [3.05, 3.63) is 12.2 Å². The molecule has 1 aromatic heterocycles. The minimum atomic E-state index is 0.624. The Labute approximate surface area is 88.3 Å². The molecule has 1 aromatic rings. The summed E-state index contributed by atoms with van der Waals surface area (Å²) in [4.78, 5) is 4.09. The topological polar surface area (TPSA) is 53.6 Å². The van der Waals surface area contributed by atoms with Gasteiger partial charge >= 0.3 is 0 Å². The first-order valence-electron chi connectivity index (χ1n) is 5.05. The lowest BCUT2D eigenvalue weighted by Crippen LogP contribution is -2.39. The molecule has 0 radical (unpaired) electrons. The van der Waals surface area contributed by atoms with Gasteiger partial charge in [0.1, 0.15) is 12.2 Å². The molecule has 2 rings (SSSR count). The van der Waals surface area contributed by atoms with Crippen LogP contribution in [0.4, 0.5) is 0 Å². The summed E-state index contributed by atoms with van der Waals surface area (Å²) in [5, 5.41) is 10.9. The first kappa shape index (κ1) is 9.98. The molecular formula is C9H16N4S. The van der Waals surface area contributed by atoms with Gasteiger partial charge in [-0.3, -0.25) is 5.10 Å². The van der Waals surface area contributed by atoms with Crippen molar-refractivity contribution < 1.29 is 0 Å². The molecule has 0 saturated carbocycles. The quantitative estimate of drug-likeness (QED) is 0.790. The first-order chi connectivity index (χ1) is 6.86. The molecule has 0 aromatic carbocycles. The molecule has 14 heavy (non-hydrogen) atoms. The molecule has 1 aliphatic heterocycles. The lowest BCUT2D eigenvalue weighted by atomic mass is 10.1. The van der Waals surface area contributed by atoms with Crippen molar-refractivity contribution in [2.45, 2.75) is 37.6 Å². The summed E-state index contributed by atoms with van der Waals surface area (Å²) in [6, 6.07) is 0.624. The summed E-state index contributed by atoms with van der Waals surface area (Å²) in [6.07, 6.45) is 4.15. The Hall–Kier alpha value is -0.550. The normalized spacial score (nSPS) is 27.8. The average Bonchev–Trinajstić information content (AvgIpc) is 2.69. The zero-order valence-corrected chi connectivity index (χ0v) is 9.18. The second-order valence-electron chi connectivity index (χ2n) is 3.64. The molecule has 4 nitrogen and oxygen atoms in total. The smallest absolute Gasteiger partial charge is 0.138 e.